The van der Waals surface area contributed by atoms with Crippen LogP contribution in [-0.2, 0) is 0 Å². The molecule has 0 aliphatic heterocycles. The van der Waals surface area contributed by atoms with E-state index in [2.05, 4.69) is 18.2 Å². The van der Waals surface area contributed by atoms with E-state index >= 15 is 0 Å². The predicted octanol–water partition coefficient (Wildman–Crippen LogP) is 1.68. The van der Waals surface area contributed by atoms with Gasteiger partial charge >= 0.3 is 0 Å². The van der Waals surface area contributed by atoms with Gasteiger partial charge in [-0.05, 0) is 19.3 Å². The Morgan fingerprint density at radius 2 is 2.14 bits per heavy atom. The first-order chi connectivity index (χ1) is 6.70. The Kier molecular flexibility index (Phi) is 4.44. The molecule has 1 aliphatic rings. The van der Waals surface area contributed by atoms with Crippen molar-refractivity contribution in [2.24, 2.45) is 0 Å². The van der Waals surface area contributed by atoms with Crippen molar-refractivity contribution in [3.8, 4) is 12.3 Å². The van der Waals surface area contributed by atoms with Gasteiger partial charge in [0.15, 0.2) is 0 Å². The first kappa shape index (κ1) is 11.6. The smallest absolute Gasteiger partial charge is 0.0772 e. The molecule has 0 bridgehead atoms. The zero-order valence-electron chi connectivity index (χ0n) is 9.05. The van der Waals surface area contributed by atoms with Gasteiger partial charge in [-0.1, -0.05) is 32.1 Å². The topological polar surface area (TPSA) is 32.3 Å². The van der Waals surface area contributed by atoms with E-state index < -0.39 is 5.60 Å². The average Bonchev–Trinajstić information content (AvgIpc) is 2.60. The van der Waals surface area contributed by atoms with E-state index in [1.165, 1.54) is 0 Å². The van der Waals surface area contributed by atoms with E-state index in [0.29, 0.717) is 6.54 Å². The summed E-state index contributed by atoms with van der Waals surface area (Å²) >= 11 is 0. The standard InChI is InChI=1S/C12H21NO/c1-3-7-11(4-2)13-10-12(14)8-5-6-9-12/h2,11,13-14H,3,5-10H2,1H3. The third-order valence-electron chi connectivity index (χ3n) is 2.99. The summed E-state index contributed by atoms with van der Waals surface area (Å²) in [5, 5.41) is 13.3. The number of hydrogen-bond acceptors (Lipinski definition) is 2. The van der Waals surface area contributed by atoms with E-state index in [1.807, 2.05) is 0 Å². The Balaban J connectivity index is 2.27. The van der Waals surface area contributed by atoms with Crippen LogP contribution in [0.4, 0.5) is 0 Å². The quantitative estimate of drug-likeness (QED) is 0.654. The Hall–Kier alpha value is -0.520. The second-order valence-electron chi connectivity index (χ2n) is 4.32. The maximum atomic E-state index is 10.1. The lowest BCUT2D eigenvalue weighted by molar-refractivity contribution is 0.0462. The maximum Gasteiger partial charge on any atom is 0.0772 e. The largest absolute Gasteiger partial charge is 0.389 e. The molecule has 2 N–H and O–H groups in total. The van der Waals surface area contributed by atoms with Gasteiger partial charge in [-0.25, -0.2) is 0 Å². The summed E-state index contributed by atoms with van der Waals surface area (Å²) in [5.41, 5.74) is -0.483. The van der Waals surface area contributed by atoms with Gasteiger partial charge in [-0.2, -0.15) is 0 Å². The van der Waals surface area contributed by atoms with Crippen molar-refractivity contribution in [1.29, 1.82) is 0 Å². The summed E-state index contributed by atoms with van der Waals surface area (Å²) in [4.78, 5) is 0. The molecular formula is C12H21NO. The summed E-state index contributed by atoms with van der Waals surface area (Å²) in [7, 11) is 0. The number of rotatable bonds is 5. The lowest BCUT2D eigenvalue weighted by atomic mass is 10.0. The molecular weight excluding hydrogens is 174 g/mol. The Bertz CT molecular complexity index is 201. The maximum absolute atomic E-state index is 10.1. The average molecular weight is 195 g/mol. The molecule has 0 amide bonds. The van der Waals surface area contributed by atoms with E-state index in [1.54, 1.807) is 0 Å². The van der Waals surface area contributed by atoms with Gasteiger partial charge in [-0.3, -0.25) is 0 Å². The second kappa shape index (κ2) is 5.38. The van der Waals surface area contributed by atoms with Crippen molar-refractivity contribution < 1.29 is 5.11 Å². The van der Waals surface area contributed by atoms with Crippen LogP contribution in [0.3, 0.4) is 0 Å². The molecule has 80 valence electrons. The van der Waals surface area contributed by atoms with E-state index in [-0.39, 0.29) is 6.04 Å². The minimum Gasteiger partial charge on any atom is -0.389 e. The Morgan fingerprint density at radius 3 is 2.64 bits per heavy atom. The molecule has 1 rings (SSSR count). The fourth-order valence-electron chi connectivity index (χ4n) is 2.06. The normalized spacial score (nSPS) is 21.8. The Labute approximate surface area is 87.1 Å². The molecule has 1 saturated carbocycles. The van der Waals surface area contributed by atoms with Crippen molar-refractivity contribution in [3.63, 3.8) is 0 Å². The first-order valence-electron chi connectivity index (χ1n) is 5.62. The van der Waals surface area contributed by atoms with Gasteiger partial charge in [0.05, 0.1) is 11.6 Å². The summed E-state index contributed by atoms with van der Waals surface area (Å²) in [6.07, 6.45) is 11.6. The zero-order valence-corrected chi connectivity index (χ0v) is 9.05. The molecule has 1 unspecified atom stereocenters. The lowest BCUT2D eigenvalue weighted by Crippen LogP contribution is -2.42. The summed E-state index contributed by atoms with van der Waals surface area (Å²) < 4.78 is 0. The van der Waals surface area contributed by atoms with Gasteiger partial charge in [0.25, 0.3) is 0 Å². The van der Waals surface area contributed by atoms with Crippen LogP contribution in [0.1, 0.15) is 45.4 Å². The Morgan fingerprint density at radius 1 is 1.50 bits per heavy atom. The number of hydrogen-bond donors (Lipinski definition) is 2. The van der Waals surface area contributed by atoms with Crippen LogP contribution in [0.15, 0.2) is 0 Å². The van der Waals surface area contributed by atoms with E-state index in [0.717, 1.165) is 38.5 Å². The highest BCUT2D eigenvalue weighted by Gasteiger charge is 2.30. The monoisotopic (exact) mass is 195 g/mol. The molecule has 1 aliphatic carbocycles. The van der Waals surface area contributed by atoms with Crippen molar-refractivity contribution in [3.05, 3.63) is 0 Å². The molecule has 0 spiro atoms. The van der Waals surface area contributed by atoms with Crippen molar-refractivity contribution in [2.45, 2.75) is 57.1 Å². The van der Waals surface area contributed by atoms with Gasteiger partial charge in [0.2, 0.25) is 0 Å². The fourth-order valence-corrected chi connectivity index (χ4v) is 2.06. The van der Waals surface area contributed by atoms with Gasteiger partial charge in [0, 0.05) is 6.54 Å². The van der Waals surface area contributed by atoms with E-state index in [4.69, 9.17) is 6.42 Å². The van der Waals surface area contributed by atoms with Crippen LogP contribution < -0.4 is 5.32 Å². The van der Waals surface area contributed by atoms with E-state index in [9.17, 15) is 5.11 Å². The summed E-state index contributed by atoms with van der Waals surface area (Å²) in [6, 6.07) is 0.129. The molecule has 0 aromatic rings. The molecule has 1 fully saturated rings. The van der Waals surface area contributed by atoms with Gasteiger partial charge in [-0.15, -0.1) is 6.42 Å². The van der Waals surface area contributed by atoms with Crippen LogP contribution in [0.25, 0.3) is 0 Å². The van der Waals surface area contributed by atoms with Crippen LogP contribution in [0.5, 0.6) is 0 Å². The van der Waals surface area contributed by atoms with Crippen molar-refractivity contribution in [2.75, 3.05) is 6.54 Å². The highest BCUT2D eigenvalue weighted by atomic mass is 16.3. The number of terminal acetylenes is 1. The predicted molar refractivity (Wildman–Crippen MR) is 58.9 cm³/mol. The molecule has 2 heteroatoms. The second-order valence-corrected chi connectivity index (χ2v) is 4.32. The lowest BCUT2D eigenvalue weighted by Gasteiger charge is -2.24. The SMILES string of the molecule is C#CC(CCC)NCC1(O)CCCC1. The first-order valence-corrected chi connectivity index (χ1v) is 5.62. The van der Waals surface area contributed by atoms with Gasteiger partial charge < -0.3 is 10.4 Å². The summed E-state index contributed by atoms with van der Waals surface area (Å²) in [5.74, 6) is 2.72. The van der Waals surface area contributed by atoms with Crippen LogP contribution in [0.2, 0.25) is 0 Å². The third kappa shape index (κ3) is 3.32. The minimum atomic E-state index is -0.483. The highest BCUT2D eigenvalue weighted by molar-refractivity contribution is 5.00. The minimum absolute atomic E-state index is 0.129. The molecule has 1 atom stereocenters. The van der Waals surface area contributed by atoms with Crippen LogP contribution >= 0.6 is 0 Å². The fraction of sp³-hybridized carbons (Fsp3) is 0.833. The number of nitrogens with one attached hydrogen (secondary N) is 1. The van der Waals surface area contributed by atoms with Crippen molar-refractivity contribution in [1.82, 2.24) is 5.32 Å². The molecule has 0 saturated heterocycles. The van der Waals surface area contributed by atoms with Crippen molar-refractivity contribution >= 4 is 0 Å². The molecule has 2 nitrogen and oxygen atoms in total. The summed E-state index contributed by atoms with van der Waals surface area (Å²) in [6.45, 7) is 2.78. The molecule has 0 aromatic carbocycles. The van der Waals surface area contributed by atoms with Crippen LogP contribution in [0, 0.1) is 12.3 Å². The zero-order chi connectivity index (χ0) is 10.4. The molecule has 14 heavy (non-hydrogen) atoms. The highest BCUT2D eigenvalue weighted by Crippen LogP contribution is 2.28. The molecule has 0 aromatic heterocycles. The third-order valence-corrected chi connectivity index (χ3v) is 2.99. The van der Waals surface area contributed by atoms with Crippen LogP contribution in [-0.4, -0.2) is 23.3 Å². The van der Waals surface area contributed by atoms with Gasteiger partial charge in [0.1, 0.15) is 0 Å². The molecule has 0 radical (unpaired) electrons. The molecule has 0 heterocycles. The number of aliphatic hydroxyl groups is 1.